The van der Waals surface area contributed by atoms with Gasteiger partial charge in [-0.1, -0.05) is 125 Å². The number of hydrogen-bond donors (Lipinski definition) is 0. The van der Waals surface area contributed by atoms with Crippen molar-refractivity contribution in [2.75, 3.05) is 0 Å². The second-order valence-electron chi connectivity index (χ2n) is 17.9. The molecule has 0 aliphatic heterocycles. The minimum atomic E-state index is 0.0739. The van der Waals surface area contributed by atoms with Crippen LogP contribution in [0.25, 0.3) is 103 Å². The summed E-state index contributed by atoms with van der Waals surface area (Å²) in [5.41, 5.74) is 9.50. The van der Waals surface area contributed by atoms with Crippen molar-refractivity contribution in [3.05, 3.63) is 169 Å². The first kappa shape index (κ1) is 35.3. The maximum Gasteiger partial charge on any atom is 0.164 e. The zero-order valence-corrected chi connectivity index (χ0v) is 34.9. The number of hydrogen-bond acceptors (Lipinski definition) is 4. The smallest absolute Gasteiger partial charge is 0.164 e. The van der Waals surface area contributed by atoms with E-state index in [0.29, 0.717) is 17.5 Å². The summed E-state index contributed by atoms with van der Waals surface area (Å²) in [7, 11) is 0. The zero-order chi connectivity index (χ0) is 40.3. The molecule has 0 spiro atoms. The first-order valence-corrected chi connectivity index (χ1v) is 21.8. The fourth-order valence-electron chi connectivity index (χ4n) is 9.86. The van der Waals surface area contributed by atoms with Crippen molar-refractivity contribution < 1.29 is 0 Å². The molecule has 8 aromatic carbocycles. The van der Waals surface area contributed by atoms with Gasteiger partial charge in [0, 0.05) is 53.3 Å². The van der Waals surface area contributed by atoms with Crippen molar-refractivity contribution in [1.82, 2.24) is 19.5 Å². The van der Waals surface area contributed by atoms with E-state index in [-0.39, 0.29) is 10.8 Å². The van der Waals surface area contributed by atoms with E-state index in [9.17, 15) is 0 Å². The highest BCUT2D eigenvalue weighted by Gasteiger charge is 2.38. The van der Waals surface area contributed by atoms with Crippen molar-refractivity contribution in [2.45, 2.75) is 51.4 Å². The monoisotopic (exact) mass is 790 g/mol. The second-order valence-corrected chi connectivity index (χ2v) is 19.0. The second kappa shape index (κ2) is 12.9. The molecule has 3 aromatic heterocycles. The number of nitrogens with zero attached hydrogens (tertiary/aromatic N) is 4. The van der Waals surface area contributed by atoms with Crippen molar-refractivity contribution in [3.8, 4) is 39.9 Å². The fraction of sp³-hybridized carbons (Fsp3) is 0.145. The van der Waals surface area contributed by atoms with Gasteiger partial charge in [-0.3, -0.25) is 0 Å². The van der Waals surface area contributed by atoms with E-state index >= 15 is 0 Å². The average molecular weight is 791 g/mol. The summed E-state index contributed by atoms with van der Waals surface area (Å²) in [6.45, 7) is 9.67. The molecule has 1 aliphatic carbocycles. The van der Waals surface area contributed by atoms with Gasteiger partial charge >= 0.3 is 0 Å². The van der Waals surface area contributed by atoms with Crippen LogP contribution in [0.15, 0.2) is 158 Å². The topological polar surface area (TPSA) is 43.6 Å². The molecule has 11 aromatic rings. The van der Waals surface area contributed by atoms with E-state index < -0.39 is 0 Å². The third kappa shape index (κ3) is 5.45. The molecule has 0 unspecified atom stereocenters. The summed E-state index contributed by atoms with van der Waals surface area (Å²) in [4.78, 5) is 15.9. The van der Waals surface area contributed by atoms with Crippen LogP contribution in [0.3, 0.4) is 0 Å². The normalized spacial score (nSPS) is 14.8. The summed E-state index contributed by atoms with van der Waals surface area (Å²) in [6.07, 6.45) is 2.34. The Labute approximate surface area is 352 Å². The molecule has 0 saturated carbocycles. The van der Waals surface area contributed by atoms with E-state index in [4.69, 9.17) is 15.0 Å². The molecule has 60 heavy (non-hydrogen) atoms. The number of aromatic nitrogens is 4. The van der Waals surface area contributed by atoms with Crippen molar-refractivity contribution in [1.29, 1.82) is 0 Å². The Balaban J connectivity index is 1.10. The Hall–Kier alpha value is -6.69. The molecule has 0 N–H and O–H groups in total. The van der Waals surface area contributed by atoms with Gasteiger partial charge in [0.25, 0.3) is 0 Å². The predicted molar refractivity (Wildman–Crippen MR) is 254 cm³/mol. The maximum absolute atomic E-state index is 5.30. The molecule has 1 aliphatic rings. The lowest BCUT2D eigenvalue weighted by Crippen LogP contribution is -2.33. The van der Waals surface area contributed by atoms with Crippen LogP contribution in [0.1, 0.15) is 51.7 Å². The van der Waals surface area contributed by atoms with Crippen LogP contribution in [0, 0.1) is 0 Å². The molecular weight excluding hydrogens is 749 g/mol. The van der Waals surface area contributed by atoms with Crippen LogP contribution < -0.4 is 0 Å². The molecule has 0 radical (unpaired) electrons. The molecule has 0 amide bonds. The highest BCUT2D eigenvalue weighted by atomic mass is 32.1. The van der Waals surface area contributed by atoms with E-state index in [1.54, 1.807) is 0 Å². The van der Waals surface area contributed by atoms with E-state index in [1.807, 2.05) is 11.3 Å². The Morgan fingerprint density at radius 3 is 1.82 bits per heavy atom. The van der Waals surface area contributed by atoms with Gasteiger partial charge in [-0.2, -0.15) is 0 Å². The summed E-state index contributed by atoms with van der Waals surface area (Å²) in [6, 6.07) is 57.4. The SMILES string of the molecule is CC1(C)CCC(C)(C)c2cc3c(cc21)c1cc2ccccc2cc1n3-c1cccc(-c2nc(-c3ccc4sc5ccccc5c4c3)nc(-c3cccc4ccccc34)n2)c1. The van der Waals surface area contributed by atoms with Crippen LogP contribution in [0.2, 0.25) is 0 Å². The van der Waals surface area contributed by atoms with Crippen LogP contribution in [0.5, 0.6) is 0 Å². The van der Waals surface area contributed by atoms with Crippen molar-refractivity contribution in [3.63, 3.8) is 0 Å². The number of rotatable bonds is 4. The highest BCUT2D eigenvalue weighted by Crippen LogP contribution is 2.49. The van der Waals surface area contributed by atoms with E-state index in [0.717, 1.165) is 39.6 Å². The molecule has 4 nitrogen and oxygen atoms in total. The fourth-order valence-corrected chi connectivity index (χ4v) is 11.0. The molecule has 288 valence electrons. The summed E-state index contributed by atoms with van der Waals surface area (Å²) >= 11 is 1.82. The molecule has 0 fully saturated rings. The maximum atomic E-state index is 5.30. The number of fused-ring (bicyclic) bond motifs is 9. The van der Waals surface area contributed by atoms with E-state index in [2.05, 4.69) is 190 Å². The molecular formula is C55H42N4S. The molecule has 12 rings (SSSR count). The standard InChI is InChI=1S/C55H42N4S/c1-54(2)25-26-55(3,4)46-32-48-43(31-45(46)54)42-28-34-14-5-6-15-35(34)30-47(42)59(48)38-18-11-17-36(27-38)51-56-52(37-23-24-50-44(29-37)40-20-9-10-22-49(40)60-50)58-53(57-51)41-21-12-16-33-13-7-8-19-39(33)41/h5-24,27-32H,25-26H2,1-4H3. The molecule has 0 atom stereocenters. The Morgan fingerprint density at radius 1 is 0.433 bits per heavy atom. The predicted octanol–water partition coefficient (Wildman–Crippen LogP) is 15.0. The molecule has 5 heteroatoms. The zero-order valence-electron chi connectivity index (χ0n) is 34.1. The van der Waals surface area contributed by atoms with Crippen LogP contribution >= 0.6 is 11.3 Å². The van der Waals surface area contributed by atoms with Gasteiger partial charge in [0.2, 0.25) is 0 Å². The molecule has 3 heterocycles. The largest absolute Gasteiger partial charge is 0.309 e. The minimum Gasteiger partial charge on any atom is -0.309 e. The van der Waals surface area contributed by atoms with Gasteiger partial charge in [0.15, 0.2) is 17.5 Å². The first-order valence-electron chi connectivity index (χ1n) is 21.0. The number of benzene rings is 8. The lowest BCUT2D eigenvalue weighted by Gasteiger charge is -2.42. The van der Waals surface area contributed by atoms with Gasteiger partial charge in [-0.25, -0.2) is 15.0 Å². The van der Waals surface area contributed by atoms with Gasteiger partial charge in [0.05, 0.1) is 11.0 Å². The third-order valence-electron chi connectivity index (χ3n) is 13.3. The Bertz CT molecular complexity index is 3560. The van der Waals surface area contributed by atoms with Crippen LogP contribution in [-0.2, 0) is 10.8 Å². The average Bonchev–Trinajstić information content (AvgIpc) is 3.81. The van der Waals surface area contributed by atoms with Crippen molar-refractivity contribution in [2.24, 2.45) is 0 Å². The van der Waals surface area contributed by atoms with E-state index in [1.165, 1.54) is 70.3 Å². The minimum absolute atomic E-state index is 0.0739. The van der Waals surface area contributed by atoms with Crippen LogP contribution in [0.4, 0.5) is 0 Å². The van der Waals surface area contributed by atoms with Crippen molar-refractivity contribution >= 4 is 74.9 Å². The Morgan fingerprint density at radius 2 is 1.02 bits per heavy atom. The summed E-state index contributed by atoms with van der Waals surface area (Å²) in [5.74, 6) is 1.96. The third-order valence-corrected chi connectivity index (χ3v) is 14.4. The van der Waals surface area contributed by atoms with Gasteiger partial charge in [0.1, 0.15) is 0 Å². The van der Waals surface area contributed by atoms with Gasteiger partial charge in [-0.05, 0) is 117 Å². The summed E-state index contributed by atoms with van der Waals surface area (Å²) < 4.78 is 5.01. The van der Waals surface area contributed by atoms with Crippen LogP contribution in [-0.4, -0.2) is 19.5 Å². The number of thiophene rings is 1. The first-order chi connectivity index (χ1) is 29.2. The Kier molecular flexibility index (Phi) is 7.59. The highest BCUT2D eigenvalue weighted by molar-refractivity contribution is 7.25. The van der Waals surface area contributed by atoms with Gasteiger partial charge < -0.3 is 4.57 Å². The lowest BCUT2D eigenvalue weighted by molar-refractivity contribution is 0.332. The molecule has 0 bridgehead atoms. The lowest BCUT2D eigenvalue weighted by atomic mass is 9.63. The van der Waals surface area contributed by atoms with Gasteiger partial charge in [-0.15, -0.1) is 11.3 Å². The summed E-state index contributed by atoms with van der Waals surface area (Å²) in [5, 5.41) is 9.78. The molecule has 0 saturated heterocycles. The quantitative estimate of drug-likeness (QED) is 0.178.